The van der Waals surface area contributed by atoms with E-state index in [0.29, 0.717) is 18.8 Å². The average Bonchev–Trinajstić information content (AvgIpc) is 2.83. The molecule has 3 rings (SSSR count). The van der Waals surface area contributed by atoms with Gasteiger partial charge in [-0.2, -0.15) is 5.10 Å². The summed E-state index contributed by atoms with van der Waals surface area (Å²) in [6, 6.07) is 7.68. The molecule has 2 N–H and O–H groups in total. The number of para-hydroxylation sites is 1. The number of nitrogens with one attached hydrogen (secondary N) is 2. The normalized spacial score (nSPS) is 17.4. The Bertz CT molecular complexity index is 606. The van der Waals surface area contributed by atoms with E-state index in [4.69, 9.17) is 4.74 Å². The highest BCUT2D eigenvalue weighted by Crippen LogP contribution is 2.34. The Morgan fingerprint density at radius 3 is 3.11 bits per heavy atom. The first-order valence-electron chi connectivity index (χ1n) is 6.28. The molecule has 0 aliphatic carbocycles. The summed E-state index contributed by atoms with van der Waals surface area (Å²) in [6.07, 6.45) is 2.38. The van der Waals surface area contributed by atoms with Gasteiger partial charge in [0.25, 0.3) is 0 Å². The zero-order valence-corrected chi connectivity index (χ0v) is 10.6. The van der Waals surface area contributed by atoms with Gasteiger partial charge >= 0.3 is 0 Å². The molecule has 1 aromatic carbocycles. The third kappa shape index (κ3) is 2.19. The predicted octanol–water partition coefficient (Wildman–Crippen LogP) is 2.22. The summed E-state index contributed by atoms with van der Waals surface area (Å²) in [6.45, 7) is 2.47. The molecule has 1 atom stereocenters. The molecule has 0 saturated carbocycles. The quantitative estimate of drug-likeness (QED) is 0.866. The average molecular weight is 257 g/mol. The van der Waals surface area contributed by atoms with Crippen LogP contribution in [0.4, 0.5) is 5.82 Å². The number of ether oxygens (including phenoxy) is 1. The number of carbonyl (C=O) groups excluding carboxylic acids is 1. The van der Waals surface area contributed by atoms with Gasteiger partial charge in [-0.25, -0.2) is 0 Å². The van der Waals surface area contributed by atoms with Gasteiger partial charge in [0.05, 0.1) is 18.7 Å². The number of carbonyl (C=O) groups is 1. The van der Waals surface area contributed by atoms with Crippen LogP contribution in [0.3, 0.4) is 0 Å². The van der Waals surface area contributed by atoms with Crippen molar-refractivity contribution in [3.8, 4) is 5.75 Å². The lowest BCUT2D eigenvalue weighted by Gasteiger charge is -2.24. The molecule has 1 amide bonds. The number of hydrogen-bond acceptors (Lipinski definition) is 3. The molecule has 1 aromatic heterocycles. The number of anilines is 1. The van der Waals surface area contributed by atoms with Crippen LogP contribution in [0.2, 0.25) is 0 Å². The number of fused-ring (bicyclic) bond motifs is 1. The van der Waals surface area contributed by atoms with Crippen LogP contribution < -0.4 is 10.1 Å². The Labute approximate surface area is 111 Å². The summed E-state index contributed by atoms with van der Waals surface area (Å²) in [4.78, 5) is 12.4. The Hall–Kier alpha value is -2.30. The second kappa shape index (κ2) is 4.76. The molecule has 5 nitrogen and oxygen atoms in total. The molecular weight excluding hydrogens is 242 g/mol. The van der Waals surface area contributed by atoms with Gasteiger partial charge in [-0.3, -0.25) is 9.89 Å². The highest BCUT2D eigenvalue weighted by molar-refractivity contribution is 5.96. The molecular formula is C14H15N3O2. The molecule has 1 aliphatic rings. The highest BCUT2D eigenvalue weighted by atomic mass is 16.5. The number of H-pyrrole nitrogens is 1. The van der Waals surface area contributed by atoms with Gasteiger partial charge in [0.2, 0.25) is 5.91 Å². The van der Waals surface area contributed by atoms with E-state index in [0.717, 1.165) is 16.9 Å². The molecule has 1 aliphatic heterocycles. The van der Waals surface area contributed by atoms with Crippen molar-refractivity contribution in [3.05, 3.63) is 41.6 Å². The summed E-state index contributed by atoms with van der Waals surface area (Å²) in [5.41, 5.74) is 1.87. The van der Waals surface area contributed by atoms with E-state index in [2.05, 4.69) is 15.5 Å². The van der Waals surface area contributed by atoms with Crippen LogP contribution in [0.25, 0.3) is 0 Å². The van der Waals surface area contributed by atoms with E-state index in [9.17, 15) is 4.79 Å². The number of rotatable bonds is 2. The van der Waals surface area contributed by atoms with Crippen LogP contribution >= 0.6 is 0 Å². The zero-order valence-electron chi connectivity index (χ0n) is 10.6. The van der Waals surface area contributed by atoms with Crippen molar-refractivity contribution in [1.29, 1.82) is 0 Å². The van der Waals surface area contributed by atoms with Crippen LogP contribution in [0.5, 0.6) is 5.75 Å². The van der Waals surface area contributed by atoms with E-state index in [1.165, 1.54) is 0 Å². The monoisotopic (exact) mass is 257 g/mol. The van der Waals surface area contributed by atoms with Gasteiger partial charge in [-0.1, -0.05) is 18.2 Å². The summed E-state index contributed by atoms with van der Waals surface area (Å²) >= 11 is 0. The number of aromatic amines is 1. The minimum absolute atomic E-state index is 0.0249. The number of aryl methyl sites for hydroxylation is 1. The van der Waals surface area contributed by atoms with Crippen LogP contribution in [0, 0.1) is 6.92 Å². The van der Waals surface area contributed by atoms with E-state index in [1.54, 1.807) is 6.20 Å². The Morgan fingerprint density at radius 2 is 2.32 bits per heavy atom. The van der Waals surface area contributed by atoms with E-state index in [-0.39, 0.29) is 11.8 Å². The lowest BCUT2D eigenvalue weighted by molar-refractivity contribution is -0.118. The molecule has 0 bridgehead atoms. The number of amides is 1. The molecule has 0 fully saturated rings. The molecule has 2 heterocycles. The molecule has 1 unspecified atom stereocenters. The van der Waals surface area contributed by atoms with E-state index in [1.807, 2.05) is 31.2 Å². The third-order valence-electron chi connectivity index (χ3n) is 3.35. The first-order chi connectivity index (χ1) is 9.25. The highest BCUT2D eigenvalue weighted by Gasteiger charge is 2.27. The van der Waals surface area contributed by atoms with Crippen molar-refractivity contribution < 1.29 is 9.53 Å². The molecule has 2 aromatic rings. The fraction of sp³-hybridized carbons (Fsp3) is 0.286. The summed E-state index contributed by atoms with van der Waals surface area (Å²) in [5.74, 6) is 1.26. The number of hydrogen-bond donors (Lipinski definition) is 2. The van der Waals surface area contributed by atoms with Gasteiger partial charge in [0, 0.05) is 11.1 Å². The van der Waals surface area contributed by atoms with Crippen molar-refractivity contribution >= 4 is 11.7 Å². The predicted molar refractivity (Wildman–Crippen MR) is 71.2 cm³/mol. The fourth-order valence-corrected chi connectivity index (χ4v) is 2.30. The van der Waals surface area contributed by atoms with E-state index >= 15 is 0 Å². The van der Waals surface area contributed by atoms with Crippen molar-refractivity contribution in [2.24, 2.45) is 0 Å². The first kappa shape index (κ1) is 11.8. The first-order valence-corrected chi connectivity index (χ1v) is 6.28. The number of nitrogens with zero attached hydrogens (tertiary/aromatic N) is 1. The molecule has 0 saturated heterocycles. The van der Waals surface area contributed by atoms with Crippen molar-refractivity contribution in [2.45, 2.75) is 19.3 Å². The fourth-order valence-electron chi connectivity index (χ4n) is 2.30. The maximum Gasteiger partial charge on any atom is 0.233 e. The van der Waals surface area contributed by atoms with Crippen LogP contribution in [-0.2, 0) is 4.79 Å². The van der Waals surface area contributed by atoms with Crippen molar-refractivity contribution in [3.63, 3.8) is 0 Å². The smallest absolute Gasteiger partial charge is 0.233 e. The summed E-state index contributed by atoms with van der Waals surface area (Å²) < 4.78 is 5.56. The zero-order chi connectivity index (χ0) is 13.2. The van der Waals surface area contributed by atoms with Gasteiger partial charge < -0.3 is 10.1 Å². The molecule has 0 radical (unpaired) electrons. The SMILES string of the molecule is Cc1cn[nH]c1NC(=O)C1CCOc2ccccc21. The van der Waals surface area contributed by atoms with Crippen molar-refractivity contribution in [2.75, 3.05) is 11.9 Å². The van der Waals surface area contributed by atoms with Gasteiger partial charge in [0.15, 0.2) is 0 Å². The number of benzene rings is 1. The standard InChI is InChI=1S/C14H15N3O2/c1-9-8-15-17-13(9)16-14(18)11-6-7-19-12-5-3-2-4-10(11)12/h2-5,8,11H,6-7H2,1H3,(H2,15,16,17,18). The summed E-state index contributed by atoms with van der Waals surface area (Å²) in [7, 11) is 0. The lowest BCUT2D eigenvalue weighted by atomic mass is 9.92. The third-order valence-corrected chi connectivity index (χ3v) is 3.35. The molecule has 5 heteroatoms. The van der Waals surface area contributed by atoms with Crippen molar-refractivity contribution in [1.82, 2.24) is 10.2 Å². The Kier molecular flexibility index (Phi) is 2.95. The van der Waals surface area contributed by atoms with Crippen LogP contribution in [0.15, 0.2) is 30.5 Å². The summed E-state index contributed by atoms with van der Waals surface area (Å²) in [5, 5.41) is 9.57. The Morgan fingerprint density at radius 1 is 1.47 bits per heavy atom. The minimum atomic E-state index is -0.173. The largest absolute Gasteiger partial charge is 0.493 e. The van der Waals surface area contributed by atoms with Gasteiger partial charge in [-0.05, 0) is 19.4 Å². The maximum atomic E-state index is 12.4. The molecule has 98 valence electrons. The molecule has 0 spiro atoms. The van der Waals surface area contributed by atoms with Crippen LogP contribution in [-0.4, -0.2) is 22.7 Å². The van der Waals surface area contributed by atoms with Gasteiger partial charge in [0.1, 0.15) is 11.6 Å². The second-order valence-corrected chi connectivity index (χ2v) is 4.64. The number of aromatic nitrogens is 2. The topological polar surface area (TPSA) is 67.0 Å². The lowest BCUT2D eigenvalue weighted by Crippen LogP contribution is -2.26. The second-order valence-electron chi connectivity index (χ2n) is 4.64. The molecule has 19 heavy (non-hydrogen) atoms. The van der Waals surface area contributed by atoms with Gasteiger partial charge in [-0.15, -0.1) is 0 Å². The minimum Gasteiger partial charge on any atom is -0.493 e. The van der Waals surface area contributed by atoms with Crippen LogP contribution in [0.1, 0.15) is 23.5 Å². The Balaban J connectivity index is 1.84. The maximum absolute atomic E-state index is 12.4. The van der Waals surface area contributed by atoms with E-state index < -0.39 is 0 Å².